The highest BCUT2D eigenvalue weighted by Gasteiger charge is 2.30. The van der Waals surface area contributed by atoms with Crippen LogP contribution in [0.2, 0.25) is 0 Å². The highest BCUT2D eigenvalue weighted by molar-refractivity contribution is 5.78. The number of amides is 1. The fraction of sp³-hybridized carbons (Fsp3) is 0.467. The van der Waals surface area contributed by atoms with E-state index >= 15 is 0 Å². The Labute approximate surface area is 124 Å². The Morgan fingerprint density at radius 1 is 1.19 bits per heavy atom. The second-order valence-electron chi connectivity index (χ2n) is 5.58. The molecule has 116 valence electrons. The second kappa shape index (κ2) is 7.08. The van der Waals surface area contributed by atoms with Crippen LogP contribution in [0.1, 0.15) is 32.4 Å². The van der Waals surface area contributed by atoms with Crippen molar-refractivity contribution in [3.05, 3.63) is 35.9 Å². The van der Waals surface area contributed by atoms with Crippen molar-refractivity contribution in [1.29, 1.82) is 0 Å². The van der Waals surface area contributed by atoms with Crippen molar-refractivity contribution in [3.8, 4) is 0 Å². The maximum atomic E-state index is 11.9. The number of nitrogens with one attached hydrogen (secondary N) is 1. The summed E-state index contributed by atoms with van der Waals surface area (Å²) < 4.78 is 9.84. The smallest absolute Gasteiger partial charge is 0.408 e. The first-order chi connectivity index (χ1) is 9.74. The molecule has 0 aromatic heterocycles. The van der Waals surface area contributed by atoms with Gasteiger partial charge in [0.05, 0.1) is 13.2 Å². The van der Waals surface area contributed by atoms with E-state index in [-0.39, 0.29) is 0 Å². The summed E-state index contributed by atoms with van der Waals surface area (Å²) in [6.45, 7) is 5.26. The zero-order valence-electron chi connectivity index (χ0n) is 12.8. The lowest BCUT2D eigenvalue weighted by Gasteiger charge is -2.26. The average Bonchev–Trinajstić information content (AvgIpc) is 2.42. The largest absolute Gasteiger partial charge is 0.468 e. The van der Waals surface area contributed by atoms with Gasteiger partial charge in [0.25, 0.3) is 0 Å². The predicted octanol–water partition coefficient (Wildman–Crippen LogP) is 1.75. The van der Waals surface area contributed by atoms with Gasteiger partial charge in [0.15, 0.2) is 0 Å². The molecule has 3 N–H and O–H groups in total. The number of esters is 1. The molecule has 0 spiro atoms. The van der Waals surface area contributed by atoms with Crippen LogP contribution in [-0.4, -0.2) is 30.8 Å². The Bertz CT molecular complexity index is 482. The van der Waals surface area contributed by atoms with Crippen molar-refractivity contribution >= 4 is 12.1 Å². The summed E-state index contributed by atoms with van der Waals surface area (Å²) in [5, 5.41) is 2.62. The lowest BCUT2D eigenvalue weighted by atomic mass is 10.00. The minimum Gasteiger partial charge on any atom is -0.468 e. The molecule has 1 aromatic carbocycles. The second-order valence-corrected chi connectivity index (χ2v) is 5.58. The number of benzene rings is 1. The molecule has 0 unspecified atom stereocenters. The standard InChI is InChI=1S/C15H22N2O4/c1-15(2,3)21-14(19)17-12(11(16)13(18)20-4)10-8-6-5-7-9-10/h5-9,11-12H,16H2,1-4H3,(H,17,19)/t11-,12+/m1/s1. The maximum Gasteiger partial charge on any atom is 0.408 e. The molecule has 0 heterocycles. The van der Waals surface area contributed by atoms with Gasteiger partial charge >= 0.3 is 12.1 Å². The molecular formula is C15H22N2O4. The Balaban J connectivity index is 2.93. The van der Waals surface area contributed by atoms with E-state index in [1.54, 1.807) is 45.0 Å². The third kappa shape index (κ3) is 5.43. The topological polar surface area (TPSA) is 90.6 Å². The number of carbonyl (C=O) groups excluding carboxylic acids is 2. The SMILES string of the molecule is COC(=O)[C@H](N)[C@@H](NC(=O)OC(C)(C)C)c1ccccc1. The lowest BCUT2D eigenvalue weighted by molar-refractivity contribution is -0.142. The third-order valence-electron chi connectivity index (χ3n) is 2.66. The van der Waals surface area contributed by atoms with Crippen LogP contribution in [0.15, 0.2) is 30.3 Å². The monoisotopic (exact) mass is 294 g/mol. The molecule has 0 radical (unpaired) electrons. The van der Waals surface area contributed by atoms with Crippen LogP contribution in [0.3, 0.4) is 0 Å². The van der Waals surface area contributed by atoms with E-state index < -0.39 is 29.7 Å². The fourth-order valence-corrected chi connectivity index (χ4v) is 1.75. The van der Waals surface area contributed by atoms with Crippen LogP contribution in [0.25, 0.3) is 0 Å². The molecule has 6 heteroatoms. The fourth-order valence-electron chi connectivity index (χ4n) is 1.75. The van der Waals surface area contributed by atoms with Gasteiger partial charge in [-0.1, -0.05) is 30.3 Å². The summed E-state index contributed by atoms with van der Waals surface area (Å²) in [7, 11) is 1.25. The van der Waals surface area contributed by atoms with Crippen molar-refractivity contribution in [3.63, 3.8) is 0 Å². The minimum absolute atomic E-state index is 0.611. The summed E-state index contributed by atoms with van der Waals surface area (Å²) in [6.07, 6.45) is -0.643. The molecule has 0 saturated carbocycles. The molecule has 0 aliphatic heterocycles. The molecule has 0 saturated heterocycles. The van der Waals surface area contributed by atoms with Gasteiger partial charge in [-0.15, -0.1) is 0 Å². The van der Waals surface area contributed by atoms with E-state index in [4.69, 9.17) is 10.5 Å². The number of carbonyl (C=O) groups is 2. The van der Waals surface area contributed by atoms with E-state index in [2.05, 4.69) is 10.1 Å². The van der Waals surface area contributed by atoms with Gasteiger partial charge in [0.2, 0.25) is 0 Å². The third-order valence-corrected chi connectivity index (χ3v) is 2.66. The highest BCUT2D eigenvalue weighted by atomic mass is 16.6. The van der Waals surface area contributed by atoms with Gasteiger partial charge in [-0.05, 0) is 26.3 Å². The number of hydrogen-bond acceptors (Lipinski definition) is 5. The zero-order valence-corrected chi connectivity index (χ0v) is 12.8. The molecule has 6 nitrogen and oxygen atoms in total. The van der Waals surface area contributed by atoms with E-state index in [0.29, 0.717) is 5.56 Å². The van der Waals surface area contributed by atoms with Gasteiger partial charge in [-0.2, -0.15) is 0 Å². The number of alkyl carbamates (subject to hydrolysis) is 1. The Morgan fingerprint density at radius 2 is 1.76 bits per heavy atom. The molecule has 0 aliphatic rings. The van der Waals surface area contributed by atoms with Gasteiger partial charge in [0, 0.05) is 0 Å². The quantitative estimate of drug-likeness (QED) is 0.826. The van der Waals surface area contributed by atoms with Crippen molar-refractivity contribution in [1.82, 2.24) is 5.32 Å². The molecular weight excluding hydrogens is 272 g/mol. The van der Waals surface area contributed by atoms with Gasteiger partial charge in [-0.25, -0.2) is 4.79 Å². The first kappa shape index (κ1) is 17.0. The van der Waals surface area contributed by atoms with Crippen molar-refractivity contribution in [2.75, 3.05) is 7.11 Å². The molecule has 1 rings (SSSR count). The van der Waals surface area contributed by atoms with Crippen LogP contribution < -0.4 is 11.1 Å². The Morgan fingerprint density at radius 3 is 2.24 bits per heavy atom. The predicted molar refractivity (Wildman–Crippen MR) is 78.5 cm³/mol. The van der Waals surface area contributed by atoms with E-state index in [9.17, 15) is 9.59 Å². The Kier molecular flexibility index (Phi) is 5.72. The van der Waals surface area contributed by atoms with Crippen LogP contribution in [0, 0.1) is 0 Å². The van der Waals surface area contributed by atoms with Crippen molar-refractivity contribution in [2.45, 2.75) is 38.5 Å². The number of nitrogens with two attached hydrogens (primary N) is 1. The average molecular weight is 294 g/mol. The van der Waals surface area contributed by atoms with E-state index in [1.807, 2.05) is 6.07 Å². The number of rotatable bonds is 4. The summed E-state index contributed by atoms with van der Waals surface area (Å²) >= 11 is 0. The normalized spacial score (nSPS) is 14.0. The zero-order chi connectivity index (χ0) is 16.0. The first-order valence-electron chi connectivity index (χ1n) is 6.62. The maximum absolute atomic E-state index is 11.9. The molecule has 0 bridgehead atoms. The van der Waals surface area contributed by atoms with Crippen molar-refractivity contribution < 1.29 is 19.1 Å². The summed E-state index contributed by atoms with van der Waals surface area (Å²) in [6, 6.07) is 7.21. The van der Waals surface area contributed by atoms with E-state index in [1.165, 1.54) is 7.11 Å². The number of ether oxygens (including phenoxy) is 2. The molecule has 21 heavy (non-hydrogen) atoms. The molecule has 1 aromatic rings. The van der Waals surface area contributed by atoms with Crippen LogP contribution in [0.5, 0.6) is 0 Å². The highest BCUT2D eigenvalue weighted by Crippen LogP contribution is 2.18. The van der Waals surface area contributed by atoms with E-state index in [0.717, 1.165) is 0 Å². The first-order valence-corrected chi connectivity index (χ1v) is 6.62. The van der Waals surface area contributed by atoms with Crippen LogP contribution in [0.4, 0.5) is 4.79 Å². The van der Waals surface area contributed by atoms with Crippen LogP contribution >= 0.6 is 0 Å². The minimum atomic E-state index is -1.02. The summed E-state index contributed by atoms with van der Waals surface area (Å²) in [5.74, 6) is -0.611. The summed E-state index contributed by atoms with van der Waals surface area (Å²) in [5.41, 5.74) is 5.93. The van der Waals surface area contributed by atoms with Crippen molar-refractivity contribution in [2.24, 2.45) is 5.73 Å². The summed E-state index contributed by atoms with van der Waals surface area (Å²) in [4.78, 5) is 23.6. The lowest BCUT2D eigenvalue weighted by Crippen LogP contribution is -2.47. The molecule has 2 atom stereocenters. The van der Waals surface area contributed by atoms with Crippen LogP contribution in [-0.2, 0) is 14.3 Å². The molecule has 1 amide bonds. The van der Waals surface area contributed by atoms with Gasteiger partial charge in [0.1, 0.15) is 11.6 Å². The number of hydrogen-bond donors (Lipinski definition) is 2. The number of methoxy groups -OCH3 is 1. The molecule has 0 aliphatic carbocycles. The van der Waals surface area contributed by atoms with Gasteiger partial charge in [-0.3, -0.25) is 4.79 Å². The van der Waals surface area contributed by atoms with Gasteiger partial charge < -0.3 is 20.5 Å². The Hall–Kier alpha value is -2.08. The molecule has 0 fully saturated rings.